The molecule has 0 atom stereocenters. The first-order valence-electron chi connectivity index (χ1n) is 4.67. The van der Waals surface area contributed by atoms with Crippen molar-refractivity contribution in [1.82, 2.24) is 4.98 Å². The molecule has 2 aromatic rings. The fourth-order valence-electron chi connectivity index (χ4n) is 1.43. The van der Waals surface area contributed by atoms with Gasteiger partial charge in [0.05, 0.1) is 0 Å². The lowest BCUT2D eigenvalue weighted by atomic mass is 10.1. The second kappa shape index (κ2) is 4.81. The van der Waals surface area contributed by atoms with E-state index in [1.165, 1.54) is 6.07 Å². The molecule has 0 spiro atoms. The van der Waals surface area contributed by atoms with Gasteiger partial charge in [-0.05, 0) is 17.7 Å². The topological polar surface area (TPSA) is 12.9 Å². The molecule has 16 heavy (non-hydrogen) atoms. The predicted molar refractivity (Wildman–Crippen MR) is 64.2 cm³/mol. The van der Waals surface area contributed by atoms with Crippen molar-refractivity contribution in [3.05, 3.63) is 53.1 Å². The number of benzene rings is 1. The van der Waals surface area contributed by atoms with Gasteiger partial charge in [0.15, 0.2) is 0 Å². The molecule has 1 aromatic heterocycles. The van der Waals surface area contributed by atoms with Crippen LogP contribution in [0, 0.1) is 5.82 Å². The largest absolute Gasteiger partial charge is 0.244 e. The van der Waals surface area contributed by atoms with Gasteiger partial charge >= 0.3 is 0 Å². The maximum atomic E-state index is 13.6. The number of hydrogen-bond donors (Lipinski definition) is 0. The van der Waals surface area contributed by atoms with Crippen molar-refractivity contribution in [2.45, 2.75) is 5.88 Å². The monoisotopic (exact) mass is 255 g/mol. The number of rotatable bonds is 2. The molecule has 0 unspecified atom stereocenters. The van der Waals surface area contributed by atoms with Crippen LogP contribution in [0.5, 0.6) is 0 Å². The molecule has 0 aliphatic rings. The van der Waals surface area contributed by atoms with Gasteiger partial charge in [0.2, 0.25) is 0 Å². The Bertz CT molecular complexity index is 514. The molecule has 0 saturated carbocycles. The van der Waals surface area contributed by atoms with E-state index in [2.05, 4.69) is 4.98 Å². The molecule has 0 aliphatic heterocycles. The van der Waals surface area contributed by atoms with Crippen LogP contribution in [0.4, 0.5) is 4.39 Å². The summed E-state index contributed by atoms with van der Waals surface area (Å²) >= 11 is 11.6. The molecule has 0 amide bonds. The van der Waals surface area contributed by atoms with Gasteiger partial charge in [0.1, 0.15) is 11.0 Å². The van der Waals surface area contributed by atoms with Crippen LogP contribution in [0.25, 0.3) is 11.1 Å². The minimum absolute atomic E-state index is 0.277. The highest BCUT2D eigenvalue weighted by atomic mass is 35.5. The third-order valence-electron chi connectivity index (χ3n) is 2.21. The molecule has 1 heterocycles. The number of pyridine rings is 1. The lowest BCUT2D eigenvalue weighted by Crippen LogP contribution is -1.90. The van der Waals surface area contributed by atoms with Crippen LogP contribution < -0.4 is 0 Å². The third kappa shape index (κ3) is 2.18. The fraction of sp³-hybridized carbons (Fsp3) is 0.0833. The zero-order valence-electron chi connectivity index (χ0n) is 8.25. The van der Waals surface area contributed by atoms with E-state index < -0.39 is 0 Å². The van der Waals surface area contributed by atoms with Crippen LogP contribution in [-0.4, -0.2) is 4.98 Å². The number of hydrogen-bond acceptors (Lipinski definition) is 1. The molecule has 0 radical (unpaired) electrons. The molecule has 2 rings (SSSR count). The van der Waals surface area contributed by atoms with E-state index in [9.17, 15) is 4.39 Å². The van der Waals surface area contributed by atoms with Gasteiger partial charge in [-0.2, -0.15) is 0 Å². The summed E-state index contributed by atoms with van der Waals surface area (Å²) in [4.78, 5) is 3.98. The van der Waals surface area contributed by atoms with E-state index in [1.54, 1.807) is 30.5 Å². The van der Waals surface area contributed by atoms with Gasteiger partial charge < -0.3 is 0 Å². The second-order valence-corrected chi connectivity index (χ2v) is 3.92. The zero-order chi connectivity index (χ0) is 11.5. The predicted octanol–water partition coefficient (Wildman–Crippen LogP) is 4.28. The zero-order valence-corrected chi connectivity index (χ0v) is 9.76. The third-order valence-corrected chi connectivity index (χ3v) is 2.82. The summed E-state index contributed by atoms with van der Waals surface area (Å²) in [6.07, 6.45) is 1.58. The Hall–Kier alpha value is -1.12. The first-order chi connectivity index (χ1) is 7.72. The van der Waals surface area contributed by atoms with Crippen LogP contribution in [0.15, 0.2) is 36.5 Å². The van der Waals surface area contributed by atoms with Crippen molar-refractivity contribution in [1.29, 1.82) is 0 Å². The van der Waals surface area contributed by atoms with Gasteiger partial charge in [-0.15, -0.1) is 11.6 Å². The number of aromatic nitrogens is 1. The van der Waals surface area contributed by atoms with Crippen molar-refractivity contribution >= 4 is 23.2 Å². The molecule has 1 aromatic carbocycles. The highest BCUT2D eigenvalue weighted by Crippen LogP contribution is 2.29. The maximum Gasteiger partial charge on any atom is 0.136 e. The lowest BCUT2D eigenvalue weighted by Gasteiger charge is -2.06. The van der Waals surface area contributed by atoms with Crippen LogP contribution >= 0.6 is 23.2 Å². The molecule has 1 nitrogen and oxygen atoms in total. The molecular formula is C12H8Cl2FN. The summed E-state index contributed by atoms with van der Waals surface area (Å²) in [6.45, 7) is 0. The number of alkyl halides is 1. The summed E-state index contributed by atoms with van der Waals surface area (Å²) < 4.78 is 13.6. The van der Waals surface area contributed by atoms with Gasteiger partial charge in [-0.25, -0.2) is 9.37 Å². The maximum absolute atomic E-state index is 13.6. The molecule has 4 heteroatoms. The van der Waals surface area contributed by atoms with Crippen LogP contribution in [-0.2, 0) is 5.88 Å². The Morgan fingerprint density at radius 2 is 1.94 bits per heavy atom. The fourth-order valence-corrected chi connectivity index (χ4v) is 1.78. The smallest absolute Gasteiger partial charge is 0.136 e. The summed E-state index contributed by atoms with van der Waals surface area (Å²) in [5, 5.41) is 0.277. The Labute approximate surface area is 103 Å². The molecular weight excluding hydrogens is 248 g/mol. The average Bonchev–Trinajstić information content (AvgIpc) is 2.31. The Balaban J connectivity index is 2.59. The molecule has 0 saturated heterocycles. The van der Waals surface area contributed by atoms with Crippen molar-refractivity contribution in [2.24, 2.45) is 0 Å². The minimum Gasteiger partial charge on any atom is -0.244 e. The van der Waals surface area contributed by atoms with Crippen LogP contribution in [0.1, 0.15) is 5.56 Å². The highest BCUT2D eigenvalue weighted by Gasteiger charge is 2.09. The Morgan fingerprint density at radius 1 is 1.19 bits per heavy atom. The van der Waals surface area contributed by atoms with E-state index in [1.807, 2.05) is 0 Å². The standard InChI is InChI=1S/C12H8Cl2FN/c13-6-8-5-10(12(14)16-7-8)9-3-1-2-4-11(9)15/h1-5,7H,6H2. The molecule has 0 bridgehead atoms. The van der Waals surface area contributed by atoms with Crippen molar-refractivity contribution in [3.63, 3.8) is 0 Å². The van der Waals surface area contributed by atoms with Gasteiger partial charge in [-0.1, -0.05) is 29.8 Å². The van der Waals surface area contributed by atoms with Gasteiger partial charge in [0, 0.05) is 23.2 Å². The first kappa shape index (κ1) is 11.4. The van der Waals surface area contributed by atoms with Crippen LogP contribution in [0.2, 0.25) is 5.15 Å². The van der Waals surface area contributed by atoms with Crippen molar-refractivity contribution in [3.8, 4) is 11.1 Å². The quantitative estimate of drug-likeness (QED) is 0.577. The number of nitrogens with zero attached hydrogens (tertiary/aromatic N) is 1. The van der Waals surface area contributed by atoms with Crippen LogP contribution in [0.3, 0.4) is 0 Å². The Kier molecular flexibility index (Phi) is 3.42. The second-order valence-electron chi connectivity index (χ2n) is 3.30. The van der Waals surface area contributed by atoms with Gasteiger partial charge in [-0.3, -0.25) is 0 Å². The first-order valence-corrected chi connectivity index (χ1v) is 5.59. The van der Waals surface area contributed by atoms with E-state index in [0.29, 0.717) is 17.0 Å². The number of halogens is 3. The molecule has 0 aliphatic carbocycles. The van der Waals surface area contributed by atoms with E-state index in [4.69, 9.17) is 23.2 Å². The molecule has 0 fully saturated rings. The normalized spacial score (nSPS) is 10.4. The van der Waals surface area contributed by atoms with Crippen molar-refractivity contribution < 1.29 is 4.39 Å². The van der Waals surface area contributed by atoms with E-state index in [-0.39, 0.29) is 11.0 Å². The molecule has 82 valence electrons. The summed E-state index contributed by atoms with van der Waals surface area (Å²) in [7, 11) is 0. The van der Waals surface area contributed by atoms with E-state index >= 15 is 0 Å². The summed E-state index contributed by atoms with van der Waals surface area (Å²) in [6, 6.07) is 8.18. The van der Waals surface area contributed by atoms with Crippen molar-refractivity contribution in [2.75, 3.05) is 0 Å². The molecule has 0 N–H and O–H groups in total. The Morgan fingerprint density at radius 3 is 2.62 bits per heavy atom. The van der Waals surface area contributed by atoms with E-state index in [0.717, 1.165) is 5.56 Å². The average molecular weight is 256 g/mol. The lowest BCUT2D eigenvalue weighted by molar-refractivity contribution is 0.631. The minimum atomic E-state index is -0.321. The highest BCUT2D eigenvalue weighted by molar-refractivity contribution is 6.32. The SMILES string of the molecule is Fc1ccccc1-c1cc(CCl)cnc1Cl. The summed E-state index contributed by atoms with van der Waals surface area (Å²) in [5.74, 6) is 0.00365. The summed E-state index contributed by atoms with van der Waals surface area (Å²) in [5.41, 5.74) is 1.81. The van der Waals surface area contributed by atoms with Gasteiger partial charge in [0.25, 0.3) is 0 Å².